The summed E-state index contributed by atoms with van der Waals surface area (Å²) < 4.78 is 24.9. The Kier molecular flexibility index (Phi) is 6.56. The molecule has 3 heterocycles. The molecule has 1 amide bonds. The van der Waals surface area contributed by atoms with Crippen molar-refractivity contribution in [1.29, 1.82) is 0 Å². The Balaban J connectivity index is 1.27. The van der Waals surface area contributed by atoms with E-state index in [1.54, 1.807) is 12.1 Å². The third-order valence-electron chi connectivity index (χ3n) is 6.24. The second-order valence-electron chi connectivity index (χ2n) is 8.44. The van der Waals surface area contributed by atoms with Gasteiger partial charge in [-0.3, -0.25) is 4.79 Å². The number of piperidine rings is 1. The predicted octanol–water partition coefficient (Wildman–Crippen LogP) is 4.36. The molecule has 1 N–H and O–H groups in total. The van der Waals surface area contributed by atoms with Crippen LogP contribution in [0.25, 0.3) is 22.4 Å². The number of rotatable bonds is 7. The van der Waals surface area contributed by atoms with Gasteiger partial charge in [-0.05, 0) is 38.0 Å². The number of amides is 1. The van der Waals surface area contributed by atoms with Gasteiger partial charge in [-0.15, -0.1) is 0 Å². The average molecular weight is 476 g/mol. The number of benzene rings is 2. The summed E-state index contributed by atoms with van der Waals surface area (Å²) in [5.74, 6) is 1.07. The summed E-state index contributed by atoms with van der Waals surface area (Å²) in [6, 6.07) is 13.9. The number of aromatic nitrogens is 3. The smallest absolute Gasteiger partial charge is 0.263 e. The van der Waals surface area contributed by atoms with Crippen LogP contribution < -0.4 is 15.0 Å². The number of carbonyl (C=O) groups excluding carboxylic acids is 1. The predicted molar refractivity (Wildman–Crippen MR) is 129 cm³/mol. The number of anilines is 1. The van der Waals surface area contributed by atoms with Gasteiger partial charge in [0, 0.05) is 36.7 Å². The van der Waals surface area contributed by atoms with Crippen molar-refractivity contribution in [1.82, 2.24) is 20.4 Å². The Morgan fingerprint density at radius 3 is 2.80 bits per heavy atom. The van der Waals surface area contributed by atoms with Crippen LogP contribution >= 0.6 is 0 Å². The van der Waals surface area contributed by atoms with E-state index in [-0.39, 0.29) is 17.6 Å². The first-order valence-corrected chi connectivity index (χ1v) is 11.7. The Bertz CT molecular complexity index is 1330. The first-order valence-electron chi connectivity index (χ1n) is 11.7. The lowest BCUT2D eigenvalue weighted by Crippen LogP contribution is -2.40. The van der Waals surface area contributed by atoms with Crippen LogP contribution in [0.1, 0.15) is 25.3 Å². The molecule has 2 aromatic heterocycles. The topological polar surface area (TPSA) is 93.4 Å². The molecule has 180 valence electrons. The fourth-order valence-electron chi connectivity index (χ4n) is 4.47. The van der Waals surface area contributed by atoms with Crippen LogP contribution in [0.5, 0.6) is 5.75 Å². The van der Waals surface area contributed by atoms with Crippen molar-refractivity contribution >= 4 is 22.8 Å². The lowest BCUT2D eigenvalue weighted by Gasteiger charge is -2.32. The van der Waals surface area contributed by atoms with E-state index >= 15 is 0 Å². The fraction of sp³-hybridized carbons (Fsp3) is 0.308. The Morgan fingerprint density at radius 1 is 1.17 bits per heavy atom. The third kappa shape index (κ3) is 4.80. The molecule has 0 bridgehead atoms. The third-order valence-corrected chi connectivity index (χ3v) is 6.24. The van der Waals surface area contributed by atoms with E-state index in [0.29, 0.717) is 67.3 Å². The molecule has 1 fully saturated rings. The molecule has 35 heavy (non-hydrogen) atoms. The van der Waals surface area contributed by atoms with Gasteiger partial charge < -0.3 is 19.5 Å². The maximum absolute atomic E-state index is 13.8. The monoisotopic (exact) mass is 475 g/mol. The van der Waals surface area contributed by atoms with Crippen LogP contribution in [0.3, 0.4) is 0 Å². The van der Waals surface area contributed by atoms with Crippen LogP contribution in [-0.2, 0) is 11.3 Å². The van der Waals surface area contributed by atoms with Crippen molar-refractivity contribution in [3.8, 4) is 17.0 Å². The summed E-state index contributed by atoms with van der Waals surface area (Å²) in [5, 5.41) is 7.84. The molecule has 0 spiro atoms. The zero-order chi connectivity index (χ0) is 24.2. The van der Waals surface area contributed by atoms with E-state index in [1.807, 2.05) is 31.2 Å². The highest BCUT2D eigenvalue weighted by Gasteiger charge is 2.28. The molecule has 0 unspecified atom stereocenters. The maximum Gasteiger partial charge on any atom is 0.263 e. The molecule has 1 aliphatic rings. The summed E-state index contributed by atoms with van der Waals surface area (Å²) in [5.41, 5.74) is 2.41. The summed E-state index contributed by atoms with van der Waals surface area (Å²) in [6.45, 7) is 4.24. The summed E-state index contributed by atoms with van der Waals surface area (Å²) in [4.78, 5) is 23.7. The molecule has 9 heteroatoms. The van der Waals surface area contributed by atoms with Gasteiger partial charge in [-0.1, -0.05) is 35.5 Å². The lowest BCUT2D eigenvalue weighted by molar-refractivity contribution is -0.125. The number of nitrogens with one attached hydrogen (secondary N) is 1. The van der Waals surface area contributed by atoms with Crippen molar-refractivity contribution in [2.75, 3.05) is 24.6 Å². The summed E-state index contributed by atoms with van der Waals surface area (Å²) in [7, 11) is 0. The second-order valence-corrected chi connectivity index (χ2v) is 8.44. The quantitative estimate of drug-likeness (QED) is 0.425. The number of carbonyl (C=O) groups is 1. The SMILES string of the molecule is CCOc1ccccc1CNC(=O)C1CCN(c2ncnc3onc(-c4cccc(F)c4)c23)CC1. The first kappa shape index (κ1) is 22.8. The van der Waals surface area contributed by atoms with Crippen molar-refractivity contribution in [2.24, 2.45) is 5.92 Å². The fourth-order valence-corrected chi connectivity index (χ4v) is 4.47. The van der Waals surface area contributed by atoms with Crippen molar-refractivity contribution < 1.29 is 18.4 Å². The van der Waals surface area contributed by atoms with Gasteiger partial charge in [0.05, 0.1) is 6.61 Å². The second kappa shape index (κ2) is 10.1. The zero-order valence-corrected chi connectivity index (χ0v) is 19.4. The molecule has 2 aromatic carbocycles. The molecule has 0 radical (unpaired) electrons. The van der Waals surface area contributed by atoms with Crippen LogP contribution in [-0.4, -0.2) is 40.7 Å². The van der Waals surface area contributed by atoms with Gasteiger partial charge in [-0.25, -0.2) is 9.37 Å². The molecule has 1 saturated heterocycles. The molecule has 4 aromatic rings. The number of nitrogens with zero attached hydrogens (tertiary/aromatic N) is 4. The average Bonchev–Trinajstić information content (AvgIpc) is 3.33. The van der Waals surface area contributed by atoms with Gasteiger partial charge in [-0.2, -0.15) is 4.98 Å². The van der Waals surface area contributed by atoms with Crippen molar-refractivity contribution in [3.05, 3.63) is 66.2 Å². The molecule has 0 aliphatic carbocycles. The number of halogens is 1. The number of ether oxygens (including phenoxy) is 1. The van der Waals surface area contributed by atoms with E-state index in [9.17, 15) is 9.18 Å². The Labute approximate surface area is 202 Å². The van der Waals surface area contributed by atoms with Gasteiger partial charge in [0.25, 0.3) is 5.71 Å². The molecular formula is C26H26FN5O3. The van der Waals surface area contributed by atoms with Crippen molar-refractivity contribution in [3.63, 3.8) is 0 Å². The standard InChI is InChI=1S/C26H26FN5O3/c1-2-34-21-9-4-3-6-19(21)15-28-25(33)17-10-12-32(13-11-17)24-22-23(18-7-5-8-20(27)14-18)31-35-26(22)30-16-29-24/h3-9,14,16-17H,2,10-13,15H2,1H3,(H,28,33). The van der Waals surface area contributed by atoms with E-state index in [4.69, 9.17) is 9.26 Å². The summed E-state index contributed by atoms with van der Waals surface area (Å²) in [6.07, 6.45) is 2.81. The first-order chi connectivity index (χ1) is 17.1. The van der Waals surface area contributed by atoms with E-state index < -0.39 is 0 Å². The highest BCUT2D eigenvalue weighted by atomic mass is 19.1. The lowest BCUT2D eigenvalue weighted by atomic mass is 9.95. The van der Waals surface area contributed by atoms with Crippen LogP contribution in [0, 0.1) is 11.7 Å². The Morgan fingerprint density at radius 2 is 2.00 bits per heavy atom. The van der Waals surface area contributed by atoms with Crippen LogP contribution in [0.2, 0.25) is 0 Å². The molecule has 5 rings (SSSR count). The van der Waals surface area contributed by atoms with Crippen LogP contribution in [0.15, 0.2) is 59.4 Å². The number of hydrogen-bond acceptors (Lipinski definition) is 7. The van der Waals surface area contributed by atoms with Gasteiger partial charge in [0.15, 0.2) is 0 Å². The molecular weight excluding hydrogens is 449 g/mol. The highest BCUT2D eigenvalue weighted by molar-refractivity contribution is 5.98. The maximum atomic E-state index is 13.8. The minimum atomic E-state index is -0.354. The number of hydrogen-bond donors (Lipinski definition) is 1. The molecule has 0 saturated carbocycles. The zero-order valence-electron chi connectivity index (χ0n) is 19.4. The Hall–Kier alpha value is -4.01. The van der Waals surface area contributed by atoms with E-state index in [0.717, 1.165) is 11.3 Å². The summed E-state index contributed by atoms with van der Waals surface area (Å²) >= 11 is 0. The van der Waals surface area contributed by atoms with Crippen molar-refractivity contribution in [2.45, 2.75) is 26.3 Å². The van der Waals surface area contributed by atoms with Gasteiger partial charge in [0.1, 0.15) is 34.8 Å². The van der Waals surface area contributed by atoms with Crippen LogP contribution in [0.4, 0.5) is 10.2 Å². The molecule has 8 nitrogen and oxygen atoms in total. The van der Waals surface area contributed by atoms with E-state index in [1.165, 1.54) is 18.5 Å². The molecule has 1 aliphatic heterocycles. The minimum absolute atomic E-state index is 0.0363. The van der Waals surface area contributed by atoms with Gasteiger partial charge in [0.2, 0.25) is 5.91 Å². The largest absolute Gasteiger partial charge is 0.494 e. The van der Waals surface area contributed by atoms with E-state index in [2.05, 4.69) is 25.3 Å². The molecule has 0 atom stereocenters. The highest BCUT2D eigenvalue weighted by Crippen LogP contribution is 2.35. The van der Waals surface area contributed by atoms with Gasteiger partial charge >= 0.3 is 0 Å². The number of para-hydroxylation sites is 1. The minimum Gasteiger partial charge on any atom is -0.494 e. The normalized spacial score (nSPS) is 14.3. The number of fused-ring (bicyclic) bond motifs is 1.